The quantitative estimate of drug-likeness (QED) is 0.411. The first-order chi connectivity index (χ1) is 13.2. The van der Waals surface area contributed by atoms with Gasteiger partial charge in [0.1, 0.15) is 11.4 Å². The van der Waals surface area contributed by atoms with Crippen molar-refractivity contribution in [3.63, 3.8) is 0 Å². The standard InChI is InChI=1S/C21H33NO6/c1-21(2,3)28-20(25)22-13-7-5-6-8-17-14-16(10-12-19(23)24)9-11-18(17)27-15-26-4/h9,11,14H,5-8,10,12-13,15H2,1-4H3,(H,22,25)(H,23,24). The summed E-state index contributed by atoms with van der Waals surface area (Å²) < 4.78 is 15.8. The molecule has 0 aliphatic heterocycles. The minimum absolute atomic E-state index is 0.105. The number of methoxy groups -OCH3 is 1. The van der Waals surface area contributed by atoms with Crippen LogP contribution in [0.4, 0.5) is 4.79 Å². The second-order valence-electron chi connectivity index (χ2n) is 7.63. The lowest BCUT2D eigenvalue weighted by Gasteiger charge is -2.19. The first-order valence-corrected chi connectivity index (χ1v) is 9.63. The average molecular weight is 395 g/mol. The van der Waals surface area contributed by atoms with E-state index in [1.807, 2.05) is 39.0 Å². The van der Waals surface area contributed by atoms with E-state index in [1.165, 1.54) is 0 Å². The number of carboxylic acid groups (broad SMARTS) is 1. The number of alkyl carbamates (subject to hydrolysis) is 1. The number of carbonyl (C=O) groups excluding carboxylic acids is 1. The van der Waals surface area contributed by atoms with Crippen LogP contribution in [0.15, 0.2) is 18.2 Å². The van der Waals surface area contributed by atoms with Crippen molar-refractivity contribution in [3.05, 3.63) is 29.3 Å². The van der Waals surface area contributed by atoms with E-state index in [9.17, 15) is 9.59 Å². The number of carbonyl (C=O) groups is 2. The molecule has 0 saturated heterocycles. The second kappa shape index (κ2) is 12.2. The lowest BCUT2D eigenvalue weighted by Crippen LogP contribution is -2.32. The number of hydrogen-bond donors (Lipinski definition) is 2. The van der Waals surface area contributed by atoms with Gasteiger partial charge in [-0.3, -0.25) is 4.79 Å². The fraction of sp³-hybridized carbons (Fsp3) is 0.619. The van der Waals surface area contributed by atoms with E-state index < -0.39 is 17.7 Å². The number of nitrogens with one attached hydrogen (secondary N) is 1. The van der Waals surface area contributed by atoms with Crippen LogP contribution in [0.25, 0.3) is 0 Å². The Balaban J connectivity index is 2.46. The highest BCUT2D eigenvalue weighted by Crippen LogP contribution is 2.23. The summed E-state index contributed by atoms with van der Waals surface area (Å²) in [5.41, 5.74) is 1.53. The lowest BCUT2D eigenvalue weighted by atomic mass is 10.0. The van der Waals surface area contributed by atoms with Crippen LogP contribution in [0, 0.1) is 0 Å². The first-order valence-electron chi connectivity index (χ1n) is 9.63. The van der Waals surface area contributed by atoms with Gasteiger partial charge in [0, 0.05) is 20.1 Å². The van der Waals surface area contributed by atoms with Crippen molar-refractivity contribution < 1.29 is 28.9 Å². The number of ether oxygens (including phenoxy) is 3. The maximum absolute atomic E-state index is 11.6. The number of hydrogen-bond acceptors (Lipinski definition) is 5. The first kappa shape index (κ1) is 23.8. The Morgan fingerprint density at radius 3 is 2.50 bits per heavy atom. The van der Waals surface area contributed by atoms with Crippen molar-refractivity contribution in [3.8, 4) is 5.75 Å². The van der Waals surface area contributed by atoms with E-state index in [0.29, 0.717) is 13.0 Å². The Labute approximate surface area is 167 Å². The summed E-state index contributed by atoms with van der Waals surface area (Å²) in [6.45, 7) is 6.24. The molecule has 0 bridgehead atoms. The van der Waals surface area contributed by atoms with Crippen LogP contribution in [0.1, 0.15) is 57.6 Å². The summed E-state index contributed by atoms with van der Waals surface area (Å²) in [5, 5.41) is 11.6. The number of benzene rings is 1. The average Bonchev–Trinajstić information content (AvgIpc) is 2.60. The van der Waals surface area contributed by atoms with Gasteiger partial charge in [-0.1, -0.05) is 18.6 Å². The number of carboxylic acids is 1. The molecule has 0 fully saturated rings. The van der Waals surface area contributed by atoms with Crippen LogP contribution in [0.3, 0.4) is 0 Å². The molecule has 7 nitrogen and oxygen atoms in total. The Hall–Kier alpha value is -2.28. The van der Waals surface area contributed by atoms with Crippen molar-refractivity contribution in [1.29, 1.82) is 0 Å². The third kappa shape index (κ3) is 10.8. The molecule has 1 rings (SSSR count). The summed E-state index contributed by atoms with van der Waals surface area (Å²) in [6.07, 6.45) is 3.74. The number of aryl methyl sites for hydroxylation is 2. The Kier molecular flexibility index (Phi) is 10.4. The molecule has 0 aliphatic rings. The Morgan fingerprint density at radius 2 is 1.86 bits per heavy atom. The molecule has 0 atom stereocenters. The number of aliphatic carboxylic acids is 1. The van der Waals surface area contributed by atoms with E-state index in [-0.39, 0.29) is 13.2 Å². The molecular weight excluding hydrogens is 362 g/mol. The van der Waals surface area contributed by atoms with E-state index >= 15 is 0 Å². The summed E-state index contributed by atoms with van der Waals surface area (Å²) in [4.78, 5) is 22.4. The molecule has 0 radical (unpaired) electrons. The minimum atomic E-state index is -0.807. The molecule has 28 heavy (non-hydrogen) atoms. The molecule has 7 heteroatoms. The third-order valence-corrected chi connectivity index (χ3v) is 3.88. The van der Waals surface area contributed by atoms with Gasteiger partial charge in [-0.2, -0.15) is 0 Å². The smallest absolute Gasteiger partial charge is 0.407 e. The number of rotatable bonds is 12. The van der Waals surface area contributed by atoms with Crippen molar-refractivity contribution in [2.75, 3.05) is 20.4 Å². The number of unbranched alkanes of at least 4 members (excludes halogenated alkanes) is 2. The van der Waals surface area contributed by atoms with Crippen molar-refractivity contribution in [1.82, 2.24) is 5.32 Å². The zero-order chi connectivity index (χ0) is 21.0. The summed E-state index contributed by atoms with van der Waals surface area (Å²) in [5.74, 6) is -0.0495. The minimum Gasteiger partial charge on any atom is -0.481 e. The molecule has 0 heterocycles. The van der Waals surface area contributed by atoms with Crippen molar-refractivity contribution in [2.45, 2.75) is 64.9 Å². The van der Waals surface area contributed by atoms with Gasteiger partial charge in [-0.25, -0.2) is 4.79 Å². The van der Waals surface area contributed by atoms with Crippen LogP contribution in [-0.2, 0) is 27.1 Å². The Bertz CT molecular complexity index is 624. The van der Waals surface area contributed by atoms with Crippen LogP contribution in [0.5, 0.6) is 5.75 Å². The zero-order valence-corrected chi connectivity index (χ0v) is 17.4. The van der Waals surface area contributed by atoms with Crippen LogP contribution >= 0.6 is 0 Å². The van der Waals surface area contributed by atoms with Crippen LogP contribution in [0.2, 0.25) is 0 Å². The van der Waals surface area contributed by atoms with Gasteiger partial charge in [0.05, 0.1) is 0 Å². The van der Waals surface area contributed by atoms with Crippen molar-refractivity contribution in [2.24, 2.45) is 0 Å². The highest BCUT2D eigenvalue weighted by atomic mass is 16.7. The third-order valence-electron chi connectivity index (χ3n) is 3.88. The normalized spacial score (nSPS) is 11.1. The molecule has 0 spiro atoms. The zero-order valence-electron chi connectivity index (χ0n) is 17.4. The van der Waals surface area contributed by atoms with E-state index in [0.717, 1.165) is 42.6 Å². The van der Waals surface area contributed by atoms with Crippen LogP contribution in [-0.4, -0.2) is 43.2 Å². The van der Waals surface area contributed by atoms with Gasteiger partial charge in [-0.15, -0.1) is 0 Å². The molecule has 0 aliphatic carbocycles. The molecule has 0 aromatic heterocycles. The maximum atomic E-state index is 11.6. The predicted octanol–water partition coefficient (Wildman–Crippen LogP) is 3.92. The molecule has 1 aromatic rings. The molecule has 0 saturated carbocycles. The molecular formula is C21H33NO6. The van der Waals surface area contributed by atoms with Gasteiger partial charge in [0.15, 0.2) is 6.79 Å². The summed E-state index contributed by atoms with van der Waals surface area (Å²) >= 11 is 0. The summed E-state index contributed by atoms with van der Waals surface area (Å²) in [7, 11) is 1.57. The topological polar surface area (TPSA) is 94.1 Å². The Morgan fingerprint density at radius 1 is 1.11 bits per heavy atom. The molecule has 158 valence electrons. The predicted molar refractivity (Wildman–Crippen MR) is 107 cm³/mol. The van der Waals surface area contributed by atoms with Gasteiger partial charge >= 0.3 is 12.1 Å². The van der Waals surface area contributed by atoms with E-state index in [2.05, 4.69) is 5.32 Å². The fourth-order valence-corrected chi connectivity index (χ4v) is 2.62. The highest BCUT2D eigenvalue weighted by Gasteiger charge is 2.15. The van der Waals surface area contributed by atoms with Crippen LogP contribution < -0.4 is 10.1 Å². The SMILES string of the molecule is COCOc1ccc(CCC(=O)O)cc1CCCCCNC(=O)OC(C)(C)C. The number of amides is 1. The maximum Gasteiger partial charge on any atom is 0.407 e. The van der Waals surface area contributed by atoms with E-state index in [1.54, 1.807) is 7.11 Å². The van der Waals surface area contributed by atoms with Crippen molar-refractivity contribution >= 4 is 12.1 Å². The fourth-order valence-electron chi connectivity index (χ4n) is 2.62. The highest BCUT2D eigenvalue weighted by molar-refractivity contribution is 5.67. The van der Waals surface area contributed by atoms with E-state index in [4.69, 9.17) is 19.3 Å². The molecule has 1 aromatic carbocycles. The summed E-state index contributed by atoms with van der Waals surface area (Å²) in [6, 6.07) is 5.77. The van der Waals surface area contributed by atoms with Gasteiger partial charge in [0.25, 0.3) is 0 Å². The molecule has 2 N–H and O–H groups in total. The molecule has 1 amide bonds. The van der Waals surface area contributed by atoms with Gasteiger partial charge in [-0.05, 0) is 63.6 Å². The molecule has 0 unspecified atom stereocenters. The van der Waals surface area contributed by atoms with Gasteiger partial charge < -0.3 is 24.6 Å². The van der Waals surface area contributed by atoms with Gasteiger partial charge in [0.2, 0.25) is 0 Å². The second-order valence-corrected chi connectivity index (χ2v) is 7.63. The largest absolute Gasteiger partial charge is 0.481 e. The lowest BCUT2D eigenvalue weighted by molar-refractivity contribution is -0.136. The monoisotopic (exact) mass is 395 g/mol.